The summed E-state index contributed by atoms with van der Waals surface area (Å²) in [5.41, 5.74) is 1.34. The maximum atomic E-state index is 13.5. The van der Waals surface area contributed by atoms with E-state index in [1.807, 2.05) is 42.2 Å². The number of anilines is 1. The van der Waals surface area contributed by atoms with E-state index in [0.717, 1.165) is 24.2 Å². The number of aliphatic hydroxyl groups is 1. The van der Waals surface area contributed by atoms with Crippen LogP contribution in [0.2, 0.25) is 0 Å². The van der Waals surface area contributed by atoms with Gasteiger partial charge in [-0.3, -0.25) is 0 Å². The quantitative estimate of drug-likeness (QED) is 0.383. The Bertz CT molecular complexity index is 1160. The molecule has 2 aliphatic rings. The van der Waals surface area contributed by atoms with Gasteiger partial charge in [-0.2, -0.15) is 13.2 Å². The standard InChI is InChI=1S/C27H36F3N3O4S/c1-2-33(14-15-34)13-6-16-38(35,36)31-18-21-10-11-22-25(19-7-4-3-5-8-19)32-24-12-9-20(27(28,29)30)17-23(24)26(22)37-21/h3-5,7-9,12,17,21-22,25-26,31-32,34H,2,6,10-11,13-16,18H2,1H3/t21-,22+,25+,26+/m1/s1. The highest BCUT2D eigenvalue weighted by atomic mass is 32.2. The van der Waals surface area contributed by atoms with E-state index in [1.165, 1.54) is 6.07 Å². The number of hydrogen-bond acceptors (Lipinski definition) is 6. The van der Waals surface area contributed by atoms with Crippen LogP contribution in [-0.4, -0.2) is 63.1 Å². The highest BCUT2D eigenvalue weighted by molar-refractivity contribution is 7.89. The Morgan fingerprint density at radius 3 is 2.58 bits per heavy atom. The summed E-state index contributed by atoms with van der Waals surface area (Å²) in [5, 5.41) is 12.5. The summed E-state index contributed by atoms with van der Waals surface area (Å²) in [5.74, 6) is -0.154. The van der Waals surface area contributed by atoms with Gasteiger partial charge in [-0.1, -0.05) is 37.3 Å². The van der Waals surface area contributed by atoms with Crippen molar-refractivity contribution in [2.24, 2.45) is 5.92 Å². The van der Waals surface area contributed by atoms with E-state index in [-0.39, 0.29) is 30.9 Å². The average molecular weight is 556 g/mol. The van der Waals surface area contributed by atoms with Crippen molar-refractivity contribution in [2.75, 3.05) is 43.9 Å². The molecular weight excluding hydrogens is 519 g/mol. The highest BCUT2D eigenvalue weighted by Crippen LogP contribution is 2.51. The van der Waals surface area contributed by atoms with Crippen molar-refractivity contribution in [3.05, 3.63) is 65.2 Å². The van der Waals surface area contributed by atoms with Crippen LogP contribution in [0.1, 0.15) is 55.0 Å². The molecule has 0 unspecified atom stereocenters. The number of alkyl halides is 3. The van der Waals surface area contributed by atoms with Crippen LogP contribution in [0.3, 0.4) is 0 Å². The number of hydrogen-bond donors (Lipinski definition) is 3. The third-order valence-corrected chi connectivity index (χ3v) is 8.85. The van der Waals surface area contributed by atoms with Gasteiger partial charge in [0.2, 0.25) is 10.0 Å². The fourth-order valence-corrected chi connectivity index (χ4v) is 6.51. The summed E-state index contributed by atoms with van der Waals surface area (Å²) in [6, 6.07) is 13.3. The van der Waals surface area contributed by atoms with Crippen molar-refractivity contribution < 1.29 is 31.4 Å². The molecule has 0 aliphatic carbocycles. The number of nitrogens with zero attached hydrogens (tertiary/aromatic N) is 1. The molecule has 0 spiro atoms. The Balaban J connectivity index is 1.47. The summed E-state index contributed by atoms with van der Waals surface area (Å²) < 4.78 is 74.7. The first-order chi connectivity index (χ1) is 18.1. The molecule has 11 heteroatoms. The van der Waals surface area contributed by atoms with Gasteiger partial charge in [0, 0.05) is 30.3 Å². The van der Waals surface area contributed by atoms with E-state index in [0.29, 0.717) is 43.6 Å². The van der Waals surface area contributed by atoms with Gasteiger partial charge in [-0.15, -0.1) is 0 Å². The third-order valence-electron chi connectivity index (χ3n) is 7.41. The third kappa shape index (κ3) is 7.06. The molecular formula is C27H36F3N3O4S. The molecule has 1 saturated heterocycles. The molecule has 2 aromatic carbocycles. The zero-order valence-corrected chi connectivity index (χ0v) is 22.3. The number of benzene rings is 2. The molecule has 7 nitrogen and oxygen atoms in total. The molecule has 1 fully saturated rings. The van der Waals surface area contributed by atoms with Gasteiger partial charge >= 0.3 is 6.18 Å². The predicted molar refractivity (Wildman–Crippen MR) is 140 cm³/mol. The Morgan fingerprint density at radius 1 is 1.13 bits per heavy atom. The van der Waals surface area contributed by atoms with Crippen LogP contribution in [0.4, 0.5) is 18.9 Å². The summed E-state index contributed by atoms with van der Waals surface area (Å²) in [6.07, 6.45) is -3.84. The van der Waals surface area contributed by atoms with Crippen molar-refractivity contribution in [1.29, 1.82) is 0 Å². The van der Waals surface area contributed by atoms with E-state index in [4.69, 9.17) is 9.84 Å². The van der Waals surface area contributed by atoms with Crippen LogP contribution in [0.5, 0.6) is 0 Å². The number of nitrogens with one attached hydrogen (secondary N) is 2. The average Bonchev–Trinajstić information content (AvgIpc) is 2.90. The zero-order chi connectivity index (χ0) is 27.3. The van der Waals surface area contributed by atoms with Crippen LogP contribution in [0.15, 0.2) is 48.5 Å². The Hall–Kier alpha value is -2.18. The fourth-order valence-electron chi connectivity index (χ4n) is 5.41. The molecule has 38 heavy (non-hydrogen) atoms. The monoisotopic (exact) mass is 555 g/mol. The second kappa shape index (κ2) is 12.3. The molecule has 0 saturated carbocycles. The number of sulfonamides is 1. The number of ether oxygens (including phenoxy) is 1. The molecule has 0 radical (unpaired) electrons. The maximum absolute atomic E-state index is 13.5. The molecule has 0 amide bonds. The van der Waals surface area contributed by atoms with Gasteiger partial charge in [-0.25, -0.2) is 13.1 Å². The topological polar surface area (TPSA) is 90.9 Å². The van der Waals surface area contributed by atoms with Crippen LogP contribution in [-0.2, 0) is 20.9 Å². The Kier molecular flexibility index (Phi) is 9.36. The molecule has 0 aromatic heterocycles. The minimum atomic E-state index is -4.48. The molecule has 2 aliphatic heterocycles. The van der Waals surface area contributed by atoms with Crippen molar-refractivity contribution in [1.82, 2.24) is 9.62 Å². The summed E-state index contributed by atoms with van der Waals surface area (Å²) in [7, 11) is -3.55. The van der Waals surface area contributed by atoms with Gasteiger partial charge in [0.15, 0.2) is 0 Å². The molecule has 4 rings (SSSR count). The first kappa shape index (κ1) is 28.8. The normalized spacial score (nSPS) is 23.5. The smallest absolute Gasteiger partial charge is 0.395 e. The number of aliphatic hydroxyl groups excluding tert-OH is 1. The van der Waals surface area contributed by atoms with Gasteiger partial charge in [0.1, 0.15) is 0 Å². The van der Waals surface area contributed by atoms with E-state index in [2.05, 4.69) is 10.0 Å². The summed E-state index contributed by atoms with van der Waals surface area (Å²) in [6.45, 7) is 3.83. The molecule has 210 valence electrons. The van der Waals surface area contributed by atoms with Gasteiger partial charge in [0.05, 0.1) is 36.2 Å². The van der Waals surface area contributed by atoms with Crippen molar-refractivity contribution >= 4 is 15.7 Å². The van der Waals surface area contributed by atoms with E-state index in [1.54, 1.807) is 0 Å². The molecule has 2 aromatic rings. The maximum Gasteiger partial charge on any atom is 0.416 e. The van der Waals surface area contributed by atoms with E-state index < -0.39 is 34.0 Å². The highest BCUT2D eigenvalue weighted by Gasteiger charge is 2.43. The van der Waals surface area contributed by atoms with Crippen LogP contribution >= 0.6 is 0 Å². The van der Waals surface area contributed by atoms with E-state index in [9.17, 15) is 21.6 Å². The van der Waals surface area contributed by atoms with Crippen LogP contribution in [0.25, 0.3) is 0 Å². The first-order valence-corrected chi connectivity index (χ1v) is 14.7. The van der Waals surface area contributed by atoms with Crippen molar-refractivity contribution in [3.63, 3.8) is 0 Å². The minimum absolute atomic E-state index is 0.0221. The first-order valence-electron chi connectivity index (χ1n) is 13.1. The zero-order valence-electron chi connectivity index (χ0n) is 21.5. The van der Waals surface area contributed by atoms with Crippen molar-refractivity contribution in [2.45, 2.75) is 50.6 Å². The lowest BCUT2D eigenvalue weighted by Gasteiger charge is -2.46. The number of likely N-dealkylation sites (N-methyl/N-ethyl adjacent to an activating group) is 1. The molecule has 3 N–H and O–H groups in total. The second-order valence-electron chi connectivity index (χ2n) is 9.93. The molecule has 2 heterocycles. The van der Waals surface area contributed by atoms with Crippen LogP contribution < -0.4 is 10.0 Å². The molecule has 0 bridgehead atoms. The molecule has 4 atom stereocenters. The summed E-state index contributed by atoms with van der Waals surface area (Å²) in [4.78, 5) is 1.98. The minimum Gasteiger partial charge on any atom is -0.395 e. The number of fused-ring (bicyclic) bond motifs is 3. The Morgan fingerprint density at radius 2 is 1.89 bits per heavy atom. The number of rotatable bonds is 11. The SMILES string of the molecule is CCN(CCO)CCCS(=O)(=O)NC[C@H]1CC[C@@H]2[C@H](O1)c1cc(C(F)(F)F)ccc1N[C@H]2c1ccccc1. The summed E-state index contributed by atoms with van der Waals surface area (Å²) >= 11 is 0. The van der Waals surface area contributed by atoms with Gasteiger partial charge in [-0.05, 0) is 56.1 Å². The van der Waals surface area contributed by atoms with E-state index >= 15 is 0 Å². The predicted octanol–water partition coefficient (Wildman–Crippen LogP) is 4.33. The van der Waals surface area contributed by atoms with Gasteiger partial charge < -0.3 is 20.1 Å². The van der Waals surface area contributed by atoms with Crippen LogP contribution in [0, 0.1) is 5.92 Å². The lowest BCUT2D eigenvalue weighted by molar-refractivity contribution is -0.138. The largest absolute Gasteiger partial charge is 0.416 e. The fraction of sp³-hybridized carbons (Fsp3) is 0.556. The lowest BCUT2D eigenvalue weighted by atomic mass is 9.76. The van der Waals surface area contributed by atoms with Gasteiger partial charge in [0.25, 0.3) is 0 Å². The number of halogens is 3. The lowest BCUT2D eigenvalue weighted by Crippen LogP contribution is -2.43. The van der Waals surface area contributed by atoms with Crippen molar-refractivity contribution in [3.8, 4) is 0 Å². The second-order valence-corrected chi connectivity index (χ2v) is 11.9. The Labute approximate surface area is 222 Å².